The van der Waals surface area contributed by atoms with Gasteiger partial charge in [0.25, 0.3) is 0 Å². The van der Waals surface area contributed by atoms with Crippen molar-refractivity contribution in [2.75, 3.05) is 38.2 Å². The van der Waals surface area contributed by atoms with E-state index < -0.39 is 9.84 Å². The lowest BCUT2D eigenvalue weighted by molar-refractivity contribution is 0.205. The van der Waals surface area contributed by atoms with Crippen molar-refractivity contribution in [3.05, 3.63) is 0 Å². The number of hydrogen-bond acceptors (Lipinski definition) is 4. The van der Waals surface area contributed by atoms with E-state index in [4.69, 9.17) is 0 Å². The highest BCUT2D eigenvalue weighted by Gasteiger charge is 2.19. The van der Waals surface area contributed by atoms with Gasteiger partial charge in [-0.25, -0.2) is 8.42 Å². The molecule has 1 fully saturated rings. The Morgan fingerprint density at radius 2 is 2.06 bits per heavy atom. The third-order valence-corrected chi connectivity index (χ3v) is 4.98. The summed E-state index contributed by atoms with van der Waals surface area (Å²) in [6, 6.07) is 0.530. The molecule has 0 aromatic carbocycles. The number of likely N-dealkylation sites (N-methyl/N-ethyl adjacent to an activating group) is 1. The largest absolute Gasteiger partial charge is 0.316 e. The topological polar surface area (TPSA) is 49.4 Å². The first kappa shape index (κ1) is 17.2. The average molecular weight is 285 g/mol. The number of piperidine rings is 1. The smallest absolute Gasteiger partial charge is 0.151 e. The van der Waals surface area contributed by atoms with E-state index in [1.54, 1.807) is 0 Å². The van der Waals surface area contributed by atoms with Crippen LogP contribution < -0.4 is 5.32 Å². The molecule has 0 aromatic heterocycles. The zero-order chi connectivity index (χ0) is 12.0. The molecule has 6 heteroatoms. The predicted octanol–water partition coefficient (Wildman–Crippen LogP) is 0.917. The molecule has 1 rings (SSSR count). The molecular formula is C11H25ClN2O2S. The van der Waals surface area contributed by atoms with Crippen molar-refractivity contribution in [2.45, 2.75) is 32.2 Å². The lowest BCUT2D eigenvalue weighted by atomic mass is 10.1. The molecule has 104 valence electrons. The number of sulfone groups is 1. The molecule has 0 amide bonds. The molecule has 1 heterocycles. The van der Waals surface area contributed by atoms with Crippen LogP contribution in [-0.4, -0.2) is 57.5 Å². The number of halogens is 1. The van der Waals surface area contributed by atoms with Crippen LogP contribution in [0.1, 0.15) is 26.2 Å². The summed E-state index contributed by atoms with van der Waals surface area (Å²) in [4.78, 5) is 2.26. The van der Waals surface area contributed by atoms with Gasteiger partial charge < -0.3 is 10.2 Å². The number of nitrogens with one attached hydrogen (secondary N) is 1. The molecule has 1 aliphatic heterocycles. The molecule has 1 N–H and O–H groups in total. The van der Waals surface area contributed by atoms with Crippen molar-refractivity contribution in [1.82, 2.24) is 10.2 Å². The Balaban J connectivity index is 0.00000256. The molecule has 4 nitrogen and oxygen atoms in total. The van der Waals surface area contributed by atoms with Crippen LogP contribution in [0.25, 0.3) is 0 Å². The fraction of sp³-hybridized carbons (Fsp3) is 1.00. The molecule has 0 spiro atoms. The Morgan fingerprint density at radius 1 is 1.35 bits per heavy atom. The fourth-order valence-corrected chi connectivity index (χ4v) is 3.54. The highest BCUT2D eigenvalue weighted by atomic mass is 35.5. The molecule has 1 atom stereocenters. The summed E-state index contributed by atoms with van der Waals surface area (Å²) in [7, 11) is -0.843. The van der Waals surface area contributed by atoms with Gasteiger partial charge in [-0.1, -0.05) is 6.92 Å². The van der Waals surface area contributed by atoms with Gasteiger partial charge in [-0.2, -0.15) is 0 Å². The summed E-state index contributed by atoms with van der Waals surface area (Å²) in [6.07, 6.45) is 3.09. The molecule has 0 saturated carbocycles. The summed E-state index contributed by atoms with van der Waals surface area (Å²) < 4.78 is 23.2. The van der Waals surface area contributed by atoms with Gasteiger partial charge in [-0.05, 0) is 32.9 Å². The first-order valence-corrected chi connectivity index (χ1v) is 7.99. The molecule has 0 aromatic rings. The van der Waals surface area contributed by atoms with Crippen molar-refractivity contribution >= 4 is 22.2 Å². The van der Waals surface area contributed by atoms with E-state index in [1.165, 1.54) is 12.8 Å². The molecule has 0 aliphatic carbocycles. The molecule has 0 bridgehead atoms. The Kier molecular flexibility index (Phi) is 8.37. The Labute approximate surface area is 111 Å². The van der Waals surface area contributed by atoms with E-state index in [2.05, 4.69) is 10.2 Å². The lowest BCUT2D eigenvalue weighted by Gasteiger charge is -2.32. The van der Waals surface area contributed by atoms with E-state index in [0.29, 0.717) is 24.1 Å². The normalized spacial score (nSPS) is 22.1. The minimum atomic E-state index is -2.82. The second-order valence-electron chi connectivity index (χ2n) is 4.58. The zero-order valence-electron chi connectivity index (χ0n) is 10.8. The Hall–Kier alpha value is 0.160. The van der Waals surface area contributed by atoms with Crippen molar-refractivity contribution in [1.29, 1.82) is 0 Å². The minimum Gasteiger partial charge on any atom is -0.316 e. The third kappa shape index (κ3) is 6.60. The molecule has 1 saturated heterocycles. The Bertz CT molecular complexity index is 296. The van der Waals surface area contributed by atoms with Gasteiger partial charge in [0.05, 0.1) is 5.75 Å². The zero-order valence-corrected chi connectivity index (χ0v) is 12.4. The minimum absolute atomic E-state index is 0. The maximum absolute atomic E-state index is 11.6. The summed E-state index contributed by atoms with van der Waals surface area (Å²) >= 11 is 0. The van der Waals surface area contributed by atoms with Crippen molar-refractivity contribution < 1.29 is 8.42 Å². The second-order valence-corrected chi connectivity index (χ2v) is 6.88. The van der Waals surface area contributed by atoms with Gasteiger partial charge in [0, 0.05) is 24.9 Å². The van der Waals surface area contributed by atoms with Gasteiger partial charge in [0.1, 0.15) is 0 Å². The van der Waals surface area contributed by atoms with Gasteiger partial charge in [0.15, 0.2) is 9.84 Å². The van der Waals surface area contributed by atoms with E-state index in [9.17, 15) is 8.42 Å². The standard InChI is InChI=1S/C11H24N2O2S.ClH/c1-3-8-16(14,15)9-7-13-6-4-5-11(10-13)12-2;/h11-12H,3-10H2,1-2H3;1H. The molecular weight excluding hydrogens is 260 g/mol. The van der Waals surface area contributed by atoms with Crippen molar-refractivity contribution in [2.24, 2.45) is 0 Å². The first-order chi connectivity index (χ1) is 7.57. The van der Waals surface area contributed by atoms with Crippen LogP contribution in [0.5, 0.6) is 0 Å². The number of likely N-dealkylation sites (tertiary alicyclic amines) is 1. The highest BCUT2D eigenvalue weighted by molar-refractivity contribution is 7.91. The van der Waals surface area contributed by atoms with E-state index in [-0.39, 0.29) is 12.4 Å². The third-order valence-electron chi connectivity index (χ3n) is 3.15. The van der Waals surface area contributed by atoms with Crippen LogP contribution >= 0.6 is 12.4 Å². The monoisotopic (exact) mass is 284 g/mol. The second kappa shape index (κ2) is 8.29. The average Bonchev–Trinajstić information content (AvgIpc) is 2.27. The SMILES string of the molecule is CCCS(=O)(=O)CCN1CCCC(NC)C1.Cl. The first-order valence-electron chi connectivity index (χ1n) is 6.17. The molecule has 0 radical (unpaired) electrons. The Morgan fingerprint density at radius 3 is 2.65 bits per heavy atom. The van der Waals surface area contributed by atoms with Crippen molar-refractivity contribution in [3.63, 3.8) is 0 Å². The predicted molar refractivity (Wildman–Crippen MR) is 74.7 cm³/mol. The quantitative estimate of drug-likeness (QED) is 0.788. The van der Waals surface area contributed by atoms with E-state index >= 15 is 0 Å². The summed E-state index contributed by atoms with van der Waals surface area (Å²) in [5.74, 6) is 0.646. The number of nitrogens with zero attached hydrogens (tertiary/aromatic N) is 1. The summed E-state index contributed by atoms with van der Waals surface area (Å²) in [5.41, 5.74) is 0. The van der Waals surface area contributed by atoms with Gasteiger partial charge in [-0.15, -0.1) is 12.4 Å². The highest BCUT2D eigenvalue weighted by Crippen LogP contribution is 2.09. The molecule has 17 heavy (non-hydrogen) atoms. The summed E-state index contributed by atoms with van der Waals surface area (Å²) in [5, 5.41) is 3.27. The van der Waals surface area contributed by atoms with E-state index in [0.717, 1.165) is 19.5 Å². The van der Waals surface area contributed by atoms with Gasteiger partial charge >= 0.3 is 0 Å². The molecule has 1 aliphatic rings. The maximum Gasteiger partial charge on any atom is 0.151 e. The van der Waals surface area contributed by atoms with Gasteiger partial charge in [-0.3, -0.25) is 0 Å². The maximum atomic E-state index is 11.6. The van der Waals surface area contributed by atoms with Crippen LogP contribution in [0.15, 0.2) is 0 Å². The number of rotatable bonds is 6. The summed E-state index contributed by atoms with van der Waals surface area (Å²) in [6.45, 7) is 4.63. The molecule has 1 unspecified atom stereocenters. The van der Waals surface area contributed by atoms with Crippen LogP contribution in [0.3, 0.4) is 0 Å². The van der Waals surface area contributed by atoms with Crippen molar-refractivity contribution in [3.8, 4) is 0 Å². The van der Waals surface area contributed by atoms with Crippen LogP contribution in [0.4, 0.5) is 0 Å². The van der Waals surface area contributed by atoms with Gasteiger partial charge in [0.2, 0.25) is 0 Å². The van der Waals surface area contributed by atoms with Crippen LogP contribution in [0.2, 0.25) is 0 Å². The van der Waals surface area contributed by atoms with E-state index in [1.807, 2.05) is 14.0 Å². The lowest BCUT2D eigenvalue weighted by Crippen LogP contribution is -2.45. The fourth-order valence-electron chi connectivity index (χ4n) is 2.18. The van der Waals surface area contributed by atoms with Crippen LogP contribution in [0, 0.1) is 0 Å². The number of hydrogen-bond donors (Lipinski definition) is 1. The van der Waals surface area contributed by atoms with Crippen LogP contribution in [-0.2, 0) is 9.84 Å².